The number of aryl methyl sites for hydroxylation is 1. The number of rotatable bonds is 4. The maximum Gasteiger partial charge on any atom is 0.338 e. The summed E-state index contributed by atoms with van der Waals surface area (Å²) in [5.41, 5.74) is 2.80. The first-order valence-electron chi connectivity index (χ1n) is 8.28. The van der Waals surface area contributed by atoms with Crippen LogP contribution < -0.4 is 10.6 Å². The zero-order chi connectivity index (χ0) is 18.0. The van der Waals surface area contributed by atoms with Gasteiger partial charge in [-0.15, -0.1) is 0 Å². The van der Waals surface area contributed by atoms with Crippen molar-refractivity contribution in [2.24, 2.45) is 0 Å². The van der Waals surface area contributed by atoms with E-state index in [0.717, 1.165) is 28.4 Å². The second-order valence-corrected chi connectivity index (χ2v) is 7.17. The van der Waals surface area contributed by atoms with Crippen molar-refractivity contribution in [3.8, 4) is 0 Å². The van der Waals surface area contributed by atoms with Gasteiger partial charge in [-0.1, -0.05) is 28.1 Å². The van der Waals surface area contributed by atoms with Crippen LogP contribution in [0.15, 0.2) is 33.9 Å². The molecule has 0 radical (unpaired) electrons. The molecule has 6 nitrogen and oxygen atoms in total. The molecular formula is C18H21BrN2O4. The second-order valence-electron chi connectivity index (χ2n) is 6.31. The molecule has 2 aliphatic heterocycles. The molecule has 25 heavy (non-hydrogen) atoms. The van der Waals surface area contributed by atoms with Gasteiger partial charge in [-0.3, -0.25) is 0 Å². The number of benzene rings is 1. The number of allylic oxidation sites excluding steroid dienone is 1. The number of hydrogen-bond donors (Lipinski definition) is 2. The van der Waals surface area contributed by atoms with E-state index in [1.165, 1.54) is 0 Å². The van der Waals surface area contributed by atoms with Crippen LogP contribution in [0.4, 0.5) is 4.79 Å². The molecule has 2 N–H and O–H groups in total. The maximum atomic E-state index is 12.7. The normalized spacial score (nSPS) is 23.2. The molecule has 2 atom stereocenters. The lowest BCUT2D eigenvalue weighted by Crippen LogP contribution is -2.45. The maximum absolute atomic E-state index is 12.7. The lowest BCUT2D eigenvalue weighted by molar-refractivity contribution is -0.142. The lowest BCUT2D eigenvalue weighted by Gasteiger charge is -2.28. The summed E-state index contributed by atoms with van der Waals surface area (Å²) < 4.78 is 11.9. The number of carbonyl (C=O) groups excluding carboxylic acids is 2. The van der Waals surface area contributed by atoms with Gasteiger partial charge in [0.1, 0.15) is 6.61 Å². The third-order valence-electron chi connectivity index (χ3n) is 4.44. The monoisotopic (exact) mass is 408 g/mol. The van der Waals surface area contributed by atoms with Crippen molar-refractivity contribution >= 4 is 27.9 Å². The summed E-state index contributed by atoms with van der Waals surface area (Å²) in [6.45, 7) is 4.62. The predicted molar refractivity (Wildman–Crippen MR) is 95.9 cm³/mol. The summed E-state index contributed by atoms with van der Waals surface area (Å²) >= 11 is 3.50. The molecule has 2 heterocycles. The summed E-state index contributed by atoms with van der Waals surface area (Å²) in [6.07, 6.45) is 1.85. The second kappa shape index (κ2) is 7.58. The lowest BCUT2D eigenvalue weighted by atomic mass is 9.95. The average molecular weight is 409 g/mol. The van der Waals surface area contributed by atoms with Crippen LogP contribution in [0.5, 0.6) is 0 Å². The number of esters is 1. The van der Waals surface area contributed by atoms with E-state index in [1.54, 1.807) is 6.92 Å². The topological polar surface area (TPSA) is 76.7 Å². The van der Waals surface area contributed by atoms with Crippen molar-refractivity contribution in [1.29, 1.82) is 0 Å². The SMILES string of the molecule is CC1=C(C(=O)OC[C@H]2CCCO2)[C@H](c2ccc(C)c(Br)c2)NC(=O)N1. The molecule has 0 spiro atoms. The highest BCUT2D eigenvalue weighted by molar-refractivity contribution is 9.10. The van der Waals surface area contributed by atoms with Crippen LogP contribution in [0, 0.1) is 6.92 Å². The molecule has 134 valence electrons. The third kappa shape index (κ3) is 4.04. The highest BCUT2D eigenvalue weighted by atomic mass is 79.9. The molecule has 2 aliphatic rings. The Hall–Kier alpha value is -1.86. The van der Waals surface area contributed by atoms with Gasteiger partial charge in [0.15, 0.2) is 0 Å². The third-order valence-corrected chi connectivity index (χ3v) is 5.30. The first kappa shape index (κ1) is 17.9. The van der Waals surface area contributed by atoms with E-state index >= 15 is 0 Å². The van der Waals surface area contributed by atoms with E-state index in [4.69, 9.17) is 9.47 Å². The molecule has 0 unspecified atom stereocenters. The molecule has 7 heteroatoms. The predicted octanol–water partition coefficient (Wildman–Crippen LogP) is 3.11. The van der Waals surface area contributed by atoms with Gasteiger partial charge in [-0.25, -0.2) is 9.59 Å². The van der Waals surface area contributed by atoms with Crippen LogP contribution in [0.25, 0.3) is 0 Å². The number of amides is 2. The van der Waals surface area contributed by atoms with Crippen LogP contribution in [0.1, 0.15) is 36.9 Å². The van der Waals surface area contributed by atoms with Gasteiger partial charge in [-0.05, 0) is 43.9 Å². The standard InChI is InChI=1S/C18H21BrN2O4/c1-10-5-6-12(8-14(10)19)16-15(11(2)20-18(23)21-16)17(22)25-9-13-4-3-7-24-13/h5-6,8,13,16H,3-4,7,9H2,1-2H3,(H2,20,21,23)/t13-,16+/m1/s1. The van der Waals surface area contributed by atoms with Crippen LogP contribution >= 0.6 is 15.9 Å². The van der Waals surface area contributed by atoms with E-state index < -0.39 is 12.0 Å². The van der Waals surface area contributed by atoms with E-state index in [1.807, 2.05) is 25.1 Å². The fourth-order valence-corrected chi connectivity index (χ4v) is 3.42. The van der Waals surface area contributed by atoms with Crippen LogP contribution in [0.2, 0.25) is 0 Å². The van der Waals surface area contributed by atoms with Gasteiger partial charge in [0, 0.05) is 16.8 Å². The molecule has 1 fully saturated rings. The number of nitrogens with one attached hydrogen (secondary N) is 2. The minimum Gasteiger partial charge on any atom is -0.459 e. The van der Waals surface area contributed by atoms with Crippen molar-refractivity contribution in [1.82, 2.24) is 10.6 Å². The number of hydrogen-bond acceptors (Lipinski definition) is 4. The first-order valence-corrected chi connectivity index (χ1v) is 9.08. The highest BCUT2D eigenvalue weighted by Crippen LogP contribution is 2.30. The van der Waals surface area contributed by atoms with Gasteiger partial charge in [0.2, 0.25) is 0 Å². The Bertz CT molecular complexity index is 726. The Morgan fingerprint density at radius 2 is 2.20 bits per heavy atom. The van der Waals surface area contributed by atoms with E-state index in [-0.39, 0.29) is 18.7 Å². The summed E-state index contributed by atoms with van der Waals surface area (Å²) in [5.74, 6) is -0.442. The number of ether oxygens (including phenoxy) is 2. The zero-order valence-electron chi connectivity index (χ0n) is 14.2. The Morgan fingerprint density at radius 3 is 2.88 bits per heavy atom. The zero-order valence-corrected chi connectivity index (χ0v) is 15.8. The van der Waals surface area contributed by atoms with Crippen LogP contribution in [-0.4, -0.2) is 31.3 Å². The minimum atomic E-state index is -0.553. The first-order chi connectivity index (χ1) is 12.0. The smallest absolute Gasteiger partial charge is 0.338 e. The van der Waals surface area contributed by atoms with Gasteiger partial charge >= 0.3 is 12.0 Å². The molecule has 1 saturated heterocycles. The van der Waals surface area contributed by atoms with Crippen LogP contribution in [-0.2, 0) is 14.3 Å². The van der Waals surface area contributed by atoms with Crippen molar-refractivity contribution in [3.05, 3.63) is 45.1 Å². The van der Waals surface area contributed by atoms with Gasteiger partial charge in [-0.2, -0.15) is 0 Å². The van der Waals surface area contributed by atoms with Gasteiger partial charge < -0.3 is 20.1 Å². The molecule has 0 bridgehead atoms. The van der Waals surface area contributed by atoms with E-state index in [0.29, 0.717) is 17.9 Å². The van der Waals surface area contributed by atoms with E-state index in [9.17, 15) is 9.59 Å². The summed E-state index contributed by atoms with van der Waals surface area (Å²) in [5, 5.41) is 5.46. The molecule has 3 rings (SSSR count). The Balaban J connectivity index is 1.83. The molecule has 1 aromatic rings. The summed E-state index contributed by atoms with van der Waals surface area (Å²) in [6, 6.07) is 4.86. The van der Waals surface area contributed by atoms with Crippen LogP contribution in [0.3, 0.4) is 0 Å². The Kier molecular flexibility index (Phi) is 5.44. The van der Waals surface area contributed by atoms with Crippen molar-refractivity contribution in [3.63, 3.8) is 0 Å². The minimum absolute atomic E-state index is 0.0389. The molecule has 2 amide bonds. The van der Waals surface area contributed by atoms with Crippen molar-refractivity contribution < 1.29 is 19.1 Å². The Morgan fingerprint density at radius 1 is 1.40 bits per heavy atom. The number of urea groups is 1. The van der Waals surface area contributed by atoms with Crippen molar-refractivity contribution in [2.75, 3.05) is 13.2 Å². The molecular weight excluding hydrogens is 388 g/mol. The summed E-state index contributed by atoms with van der Waals surface area (Å²) in [7, 11) is 0. The number of halogens is 1. The van der Waals surface area contributed by atoms with Gasteiger partial charge in [0.25, 0.3) is 0 Å². The fourth-order valence-electron chi connectivity index (χ4n) is 3.03. The molecule has 0 saturated carbocycles. The molecule has 1 aromatic carbocycles. The number of carbonyl (C=O) groups is 2. The fraction of sp³-hybridized carbons (Fsp3) is 0.444. The highest BCUT2D eigenvalue weighted by Gasteiger charge is 2.33. The van der Waals surface area contributed by atoms with Gasteiger partial charge in [0.05, 0.1) is 17.7 Å². The Labute approximate surface area is 155 Å². The average Bonchev–Trinajstić information content (AvgIpc) is 3.08. The largest absolute Gasteiger partial charge is 0.459 e. The molecule has 0 aliphatic carbocycles. The summed E-state index contributed by atoms with van der Waals surface area (Å²) in [4.78, 5) is 24.6. The van der Waals surface area contributed by atoms with E-state index in [2.05, 4.69) is 26.6 Å². The molecule has 0 aromatic heterocycles. The van der Waals surface area contributed by atoms with Crippen molar-refractivity contribution in [2.45, 2.75) is 38.8 Å². The quantitative estimate of drug-likeness (QED) is 0.750.